The van der Waals surface area contributed by atoms with E-state index in [1.165, 1.54) is 12.1 Å². The second kappa shape index (κ2) is 2.14. The average Bonchev–Trinajstić information content (AvgIpc) is 2.34. The lowest BCUT2D eigenvalue weighted by Gasteiger charge is -1.73. The first-order valence-corrected chi connectivity index (χ1v) is 2.32. The fourth-order valence-electron chi connectivity index (χ4n) is 0.476. The molecule has 1 aromatic heterocycles. The van der Waals surface area contributed by atoms with E-state index in [9.17, 15) is 4.79 Å². The fourth-order valence-corrected chi connectivity index (χ4v) is 0.476. The topological polar surface area (TPSA) is 54.0 Å². The number of carbonyl (C=O) groups is 1. The van der Waals surface area contributed by atoms with Gasteiger partial charge in [0, 0.05) is 0 Å². The molecule has 0 aliphatic heterocycles. The standard InChI is InChI=1S/C6H3NO2/c7-3-5-1-2-6(4-8)9-5/h1-2,4H. The van der Waals surface area contributed by atoms with Crippen LogP contribution in [0.2, 0.25) is 0 Å². The molecule has 3 nitrogen and oxygen atoms in total. The van der Waals surface area contributed by atoms with E-state index in [0.29, 0.717) is 6.29 Å². The zero-order valence-electron chi connectivity index (χ0n) is 4.50. The van der Waals surface area contributed by atoms with Gasteiger partial charge >= 0.3 is 0 Å². The lowest BCUT2D eigenvalue weighted by atomic mass is 10.4. The molecule has 0 spiro atoms. The Hall–Kier alpha value is -1.56. The molecule has 0 N–H and O–H groups in total. The normalized spacial score (nSPS) is 8.33. The van der Waals surface area contributed by atoms with Crippen molar-refractivity contribution in [2.24, 2.45) is 0 Å². The number of carbonyl (C=O) groups excluding carboxylic acids is 1. The third kappa shape index (κ3) is 0.970. The minimum absolute atomic E-state index is 0.164. The van der Waals surface area contributed by atoms with Gasteiger partial charge in [0.25, 0.3) is 0 Å². The van der Waals surface area contributed by atoms with Crippen molar-refractivity contribution in [1.29, 1.82) is 5.26 Å². The predicted octanol–water partition coefficient (Wildman–Crippen LogP) is 0.964. The van der Waals surface area contributed by atoms with Gasteiger partial charge in [-0.15, -0.1) is 0 Å². The summed E-state index contributed by atoms with van der Waals surface area (Å²) < 4.78 is 4.65. The third-order valence-electron chi connectivity index (χ3n) is 0.853. The molecule has 0 fully saturated rings. The van der Waals surface area contributed by atoms with Crippen LogP contribution in [0.1, 0.15) is 16.3 Å². The molecule has 1 rings (SSSR count). The minimum atomic E-state index is 0.164. The van der Waals surface area contributed by atoms with Crippen LogP contribution < -0.4 is 0 Å². The van der Waals surface area contributed by atoms with Crippen LogP contribution in [0.15, 0.2) is 16.5 Å². The number of hydrogen-bond donors (Lipinski definition) is 0. The van der Waals surface area contributed by atoms with Crippen LogP contribution in [0.3, 0.4) is 0 Å². The lowest BCUT2D eigenvalue weighted by Crippen LogP contribution is -1.67. The fraction of sp³-hybridized carbons (Fsp3) is 0. The van der Waals surface area contributed by atoms with Crippen LogP contribution in [-0.2, 0) is 0 Å². The van der Waals surface area contributed by atoms with Gasteiger partial charge in [-0.1, -0.05) is 0 Å². The summed E-state index contributed by atoms with van der Waals surface area (Å²) in [6, 6.07) is 4.65. The SMILES string of the molecule is N#Cc1ccc(C=O)o1. The van der Waals surface area contributed by atoms with Gasteiger partial charge in [0.05, 0.1) is 0 Å². The Bertz CT molecular complexity index is 256. The summed E-state index contributed by atoms with van der Waals surface area (Å²) in [5.41, 5.74) is 0. The molecule has 0 bridgehead atoms. The Kier molecular flexibility index (Phi) is 1.32. The molecule has 44 valence electrons. The van der Waals surface area contributed by atoms with Gasteiger partial charge in [0.1, 0.15) is 6.07 Å². The van der Waals surface area contributed by atoms with Gasteiger partial charge in [0.15, 0.2) is 12.0 Å². The first-order chi connectivity index (χ1) is 4.36. The van der Waals surface area contributed by atoms with E-state index in [-0.39, 0.29) is 11.5 Å². The number of furan rings is 1. The van der Waals surface area contributed by atoms with Crippen LogP contribution >= 0.6 is 0 Å². The summed E-state index contributed by atoms with van der Waals surface area (Å²) >= 11 is 0. The molecule has 0 aliphatic carbocycles. The number of aldehydes is 1. The van der Waals surface area contributed by atoms with E-state index in [4.69, 9.17) is 5.26 Å². The highest BCUT2D eigenvalue weighted by atomic mass is 16.3. The van der Waals surface area contributed by atoms with Crippen molar-refractivity contribution in [2.45, 2.75) is 0 Å². The minimum Gasteiger partial charge on any atom is -0.443 e. The molecule has 0 amide bonds. The Morgan fingerprint density at radius 3 is 2.78 bits per heavy atom. The van der Waals surface area contributed by atoms with Crippen LogP contribution in [0.25, 0.3) is 0 Å². The highest BCUT2D eigenvalue weighted by Gasteiger charge is 1.96. The van der Waals surface area contributed by atoms with Crippen molar-refractivity contribution in [3.63, 3.8) is 0 Å². The smallest absolute Gasteiger partial charge is 0.204 e. The van der Waals surface area contributed by atoms with E-state index in [0.717, 1.165) is 0 Å². The monoisotopic (exact) mass is 121 g/mol. The second-order valence-electron chi connectivity index (χ2n) is 1.43. The van der Waals surface area contributed by atoms with Crippen LogP contribution in [0, 0.1) is 11.3 Å². The van der Waals surface area contributed by atoms with E-state index in [1.807, 2.05) is 0 Å². The molecule has 0 saturated heterocycles. The van der Waals surface area contributed by atoms with Crippen molar-refractivity contribution in [3.05, 3.63) is 23.7 Å². The van der Waals surface area contributed by atoms with Crippen LogP contribution in [-0.4, -0.2) is 6.29 Å². The zero-order valence-corrected chi connectivity index (χ0v) is 4.50. The molecule has 0 radical (unpaired) electrons. The molecule has 0 aromatic carbocycles. The Morgan fingerprint density at radius 1 is 1.67 bits per heavy atom. The molecule has 1 aromatic rings. The van der Waals surface area contributed by atoms with Crippen molar-refractivity contribution >= 4 is 6.29 Å². The molecular formula is C6H3NO2. The number of hydrogen-bond acceptors (Lipinski definition) is 3. The summed E-state index contributed by atoms with van der Waals surface area (Å²) in [5.74, 6) is 0.351. The molecule has 0 saturated carbocycles. The Labute approximate surface area is 51.5 Å². The Balaban J connectivity index is 3.03. The lowest BCUT2D eigenvalue weighted by molar-refractivity contribution is 0.110. The van der Waals surface area contributed by atoms with Gasteiger partial charge in [-0.05, 0) is 12.1 Å². The van der Waals surface area contributed by atoms with Gasteiger partial charge in [-0.25, -0.2) is 0 Å². The molecule has 0 unspecified atom stereocenters. The summed E-state index contributed by atoms with van der Waals surface area (Å²) in [6.07, 6.45) is 0.556. The number of rotatable bonds is 1. The van der Waals surface area contributed by atoms with Crippen LogP contribution in [0.5, 0.6) is 0 Å². The first kappa shape index (κ1) is 5.57. The van der Waals surface area contributed by atoms with Crippen molar-refractivity contribution in [3.8, 4) is 6.07 Å². The largest absolute Gasteiger partial charge is 0.443 e. The van der Waals surface area contributed by atoms with E-state index in [2.05, 4.69) is 4.42 Å². The zero-order chi connectivity index (χ0) is 6.69. The van der Waals surface area contributed by atoms with Crippen molar-refractivity contribution in [2.75, 3.05) is 0 Å². The van der Waals surface area contributed by atoms with Gasteiger partial charge < -0.3 is 4.42 Å². The maximum absolute atomic E-state index is 9.93. The first-order valence-electron chi connectivity index (χ1n) is 2.32. The highest BCUT2D eigenvalue weighted by molar-refractivity contribution is 5.70. The molecule has 0 aliphatic rings. The summed E-state index contributed by atoms with van der Waals surface area (Å²) in [5, 5.41) is 8.19. The molecule has 0 atom stereocenters. The third-order valence-corrected chi connectivity index (χ3v) is 0.853. The quantitative estimate of drug-likeness (QED) is 0.520. The van der Waals surface area contributed by atoms with Crippen molar-refractivity contribution in [1.82, 2.24) is 0 Å². The average molecular weight is 121 g/mol. The number of nitriles is 1. The Morgan fingerprint density at radius 2 is 2.44 bits per heavy atom. The van der Waals surface area contributed by atoms with Crippen LogP contribution in [0.4, 0.5) is 0 Å². The summed E-state index contributed by atoms with van der Waals surface area (Å²) in [6.45, 7) is 0. The second-order valence-corrected chi connectivity index (χ2v) is 1.43. The molecule has 9 heavy (non-hydrogen) atoms. The predicted molar refractivity (Wildman–Crippen MR) is 28.8 cm³/mol. The van der Waals surface area contributed by atoms with E-state index in [1.54, 1.807) is 6.07 Å². The van der Waals surface area contributed by atoms with Gasteiger partial charge in [-0.3, -0.25) is 4.79 Å². The molecule has 3 heteroatoms. The maximum Gasteiger partial charge on any atom is 0.204 e. The van der Waals surface area contributed by atoms with Crippen molar-refractivity contribution < 1.29 is 9.21 Å². The summed E-state index contributed by atoms with van der Waals surface area (Å²) in [4.78, 5) is 9.93. The van der Waals surface area contributed by atoms with E-state index >= 15 is 0 Å². The van der Waals surface area contributed by atoms with Gasteiger partial charge in [0.2, 0.25) is 5.76 Å². The van der Waals surface area contributed by atoms with E-state index < -0.39 is 0 Å². The summed E-state index contributed by atoms with van der Waals surface area (Å²) in [7, 11) is 0. The molecular weight excluding hydrogens is 118 g/mol. The highest BCUT2D eigenvalue weighted by Crippen LogP contribution is 2.02. The molecule has 1 heterocycles. The van der Waals surface area contributed by atoms with Gasteiger partial charge in [-0.2, -0.15) is 5.26 Å². The number of nitrogens with zero attached hydrogens (tertiary/aromatic N) is 1. The maximum atomic E-state index is 9.93.